The molecular formula is C21H24N2O10S. The van der Waals surface area contributed by atoms with Crippen LogP contribution in [0, 0.1) is 10.1 Å². The predicted octanol–water partition coefficient (Wildman–Crippen LogP) is 2.91. The van der Waals surface area contributed by atoms with Crippen LogP contribution >= 0.6 is 0 Å². The Kier molecular flexibility index (Phi) is 8.41. The van der Waals surface area contributed by atoms with E-state index in [1.807, 2.05) is 0 Å². The number of ether oxygens (including phenoxy) is 2. The van der Waals surface area contributed by atoms with Gasteiger partial charge in [-0.25, -0.2) is 9.59 Å². The van der Waals surface area contributed by atoms with Gasteiger partial charge in [0, 0.05) is 12.5 Å². The molecule has 1 atom stereocenters. The van der Waals surface area contributed by atoms with Crippen LogP contribution < -0.4 is 13.7 Å². The third-order valence-corrected chi connectivity index (χ3v) is 4.77. The van der Waals surface area contributed by atoms with Crippen molar-refractivity contribution in [3.05, 3.63) is 64.2 Å². The van der Waals surface area contributed by atoms with Crippen LogP contribution in [0.5, 0.6) is 11.5 Å². The summed E-state index contributed by atoms with van der Waals surface area (Å²) in [5.74, 6) is -1.35. The van der Waals surface area contributed by atoms with E-state index in [1.54, 1.807) is 20.8 Å². The number of nitro benzene ring substituents is 1. The molecule has 0 aromatic heterocycles. The van der Waals surface area contributed by atoms with Gasteiger partial charge >= 0.3 is 28.1 Å². The molecule has 12 nitrogen and oxygen atoms in total. The van der Waals surface area contributed by atoms with Gasteiger partial charge in [-0.1, -0.05) is 24.3 Å². The summed E-state index contributed by atoms with van der Waals surface area (Å²) < 4.78 is 43.8. The van der Waals surface area contributed by atoms with Crippen LogP contribution in [0.15, 0.2) is 48.5 Å². The minimum atomic E-state index is -4.68. The number of carbonyl (C=O) groups is 2. The maximum atomic E-state index is 12.2. The van der Waals surface area contributed by atoms with Gasteiger partial charge in [0.2, 0.25) is 5.75 Å². The van der Waals surface area contributed by atoms with Gasteiger partial charge in [-0.2, -0.15) is 0 Å². The number of amides is 1. The Bertz CT molecular complexity index is 1140. The molecule has 0 aliphatic carbocycles. The summed E-state index contributed by atoms with van der Waals surface area (Å²) >= 11 is 0. The fraction of sp³-hybridized carbons (Fsp3) is 0.333. The number of hydrogen-bond donors (Lipinski definition) is 1. The molecule has 1 unspecified atom stereocenters. The molecule has 0 aliphatic rings. The zero-order valence-electron chi connectivity index (χ0n) is 18.8. The molecule has 0 radical (unpaired) electrons. The number of methoxy groups -OCH3 is 1. The Balaban J connectivity index is 2.09. The Hall–Kier alpha value is -3.87. The van der Waals surface area contributed by atoms with Gasteiger partial charge < -0.3 is 23.2 Å². The Labute approximate surface area is 196 Å². The largest absolute Gasteiger partial charge is 0.501 e. The molecule has 0 heterocycles. The van der Waals surface area contributed by atoms with Crippen molar-refractivity contribution in [3.8, 4) is 11.5 Å². The highest BCUT2D eigenvalue weighted by atomic mass is 32.3. The van der Waals surface area contributed by atoms with Gasteiger partial charge in [0.1, 0.15) is 17.4 Å². The first kappa shape index (κ1) is 26.4. The van der Waals surface area contributed by atoms with Crippen LogP contribution in [0.4, 0.5) is 10.5 Å². The third-order valence-electron chi connectivity index (χ3n) is 3.99. The lowest BCUT2D eigenvalue weighted by molar-refractivity contribution is -0.385. The van der Waals surface area contributed by atoms with Crippen LogP contribution in [0.3, 0.4) is 0 Å². The van der Waals surface area contributed by atoms with E-state index in [1.165, 1.54) is 43.5 Å². The van der Waals surface area contributed by atoms with Gasteiger partial charge in [-0.05, 0) is 44.5 Å². The predicted molar refractivity (Wildman–Crippen MR) is 119 cm³/mol. The van der Waals surface area contributed by atoms with Crippen molar-refractivity contribution in [1.29, 1.82) is 0 Å². The highest BCUT2D eigenvalue weighted by Crippen LogP contribution is 2.28. The molecule has 1 amide bonds. The van der Waals surface area contributed by atoms with E-state index in [-0.39, 0.29) is 12.2 Å². The number of benzene rings is 2. The van der Waals surface area contributed by atoms with Gasteiger partial charge in [0.25, 0.3) is 0 Å². The number of nitro groups is 1. The summed E-state index contributed by atoms with van der Waals surface area (Å²) in [6.07, 6.45) is -0.785. The molecule has 2 aromatic carbocycles. The lowest BCUT2D eigenvalue weighted by Crippen LogP contribution is -2.45. The monoisotopic (exact) mass is 496 g/mol. The van der Waals surface area contributed by atoms with Crippen LogP contribution in [-0.4, -0.2) is 44.2 Å². The third kappa shape index (κ3) is 8.24. The number of rotatable bonds is 9. The highest BCUT2D eigenvalue weighted by Gasteiger charge is 2.26. The summed E-state index contributed by atoms with van der Waals surface area (Å²) in [5, 5.41) is 13.4. The Morgan fingerprint density at radius 3 is 2.24 bits per heavy atom. The van der Waals surface area contributed by atoms with E-state index in [4.69, 9.17) is 17.8 Å². The molecule has 2 aromatic rings. The first-order valence-electron chi connectivity index (χ1n) is 9.83. The number of para-hydroxylation sites is 2. The van der Waals surface area contributed by atoms with Crippen molar-refractivity contribution in [2.75, 3.05) is 7.11 Å². The second kappa shape index (κ2) is 10.8. The van der Waals surface area contributed by atoms with Crippen LogP contribution in [0.2, 0.25) is 0 Å². The quantitative estimate of drug-likeness (QED) is 0.310. The molecule has 184 valence electrons. The standard InChI is InChI=1S/C21H24N2O10S/c1-21(2,3)31-20(25)22-16(19(24)30-4)13-14-9-11-15(12-10-14)32-34(28,29)33-18-8-6-5-7-17(18)23(26)27/h5-12,16H,13H2,1-4H3,(H,22,25). The van der Waals surface area contributed by atoms with Crippen molar-refractivity contribution in [1.82, 2.24) is 5.32 Å². The second-order valence-electron chi connectivity index (χ2n) is 7.87. The van der Waals surface area contributed by atoms with E-state index in [0.717, 1.165) is 12.1 Å². The van der Waals surface area contributed by atoms with E-state index < -0.39 is 50.5 Å². The normalized spacial score (nSPS) is 12.2. The van der Waals surface area contributed by atoms with Crippen molar-refractivity contribution in [3.63, 3.8) is 0 Å². The summed E-state index contributed by atoms with van der Waals surface area (Å²) in [6.45, 7) is 5.02. The number of nitrogens with zero attached hydrogens (tertiary/aromatic N) is 1. The summed E-state index contributed by atoms with van der Waals surface area (Å²) in [4.78, 5) is 34.3. The van der Waals surface area contributed by atoms with E-state index in [0.29, 0.717) is 5.56 Å². The first-order chi connectivity index (χ1) is 15.8. The van der Waals surface area contributed by atoms with Gasteiger partial charge in [0.15, 0.2) is 0 Å². The summed E-state index contributed by atoms with van der Waals surface area (Å²) in [6, 6.07) is 9.37. The van der Waals surface area contributed by atoms with Crippen LogP contribution in [-0.2, 0) is 31.1 Å². The zero-order chi connectivity index (χ0) is 25.5. The first-order valence-corrected chi connectivity index (χ1v) is 11.2. The molecule has 0 aliphatic heterocycles. The summed E-state index contributed by atoms with van der Waals surface area (Å²) in [5.41, 5.74) is -0.774. The Morgan fingerprint density at radius 2 is 1.68 bits per heavy atom. The van der Waals surface area contributed by atoms with Gasteiger partial charge in [-0.15, -0.1) is 8.42 Å². The van der Waals surface area contributed by atoms with Gasteiger partial charge in [-0.3, -0.25) is 10.1 Å². The SMILES string of the molecule is COC(=O)C(Cc1ccc(OS(=O)(=O)Oc2ccccc2[N+](=O)[O-])cc1)NC(=O)OC(C)(C)C. The number of nitrogens with one attached hydrogen (secondary N) is 1. The molecular weight excluding hydrogens is 472 g/mol. The highest BCUT2D eigenvalue weighted by molar-refractivity contribution is 7.82. The minimum absolute atomic E-state index is 0.0195. The molecule has 0 saturated carbocycles. The second-order valence-corrected chi connectivity index (χ2v) is 9.02. The average Bonchev–Trinajstić information content (AvgIpc) is 2.72. The molecule has 0 fully saturated rings. The van der Waals surface area contributed by atoms with E-state index in [9.17, 15) is 28.1 Å². The molecule has 1 N–H and O–H groups in total. The molecule has 34 heavy (non-hydrogen) atoms. The number of hydrogen-bond acceptors (Lipinski definition) is 10. The van der Waals surface area contributed by atoms with E-state index >= 15 is 0 Å². The number of carbonyl (C=O) groups excluding carboxylic acids is 2. The number of alkyl carbamates (subject to hydrolysis) is 1. The summed E-state index contributed by atoms with van der Waals surface area (Å²) in [7, 11) is -3.51. The van der Waals surface area contributed by atoms with Crippen molar-refractivity contribution in [2.24, 2.45) is 0 Å². The lowest BCUT2D eigenvalue weighted by Gasteiger charge is -2.22. The zero-order valence-corrected chi connectivity index (χ0v) is 19.7. The molecule has 0 bridgehead atoms. The maximum Gasteiger partial charge on any atom is 0.501 e. The van der Waals surface area contributed by atoms with Crippen LogP contribution in [0.1, 0.15) is 26.3 Å². The fourth-order valence-electron chi connectivity index (χ4n) is 2.63. The van der Waals surface area contributed by atoms with E-state index in [2.05, 4.69) is 5.32 Å². The number of esters is 1. The average molecular weight is 496 g/mol. The molecule has 0 saturated heterocycles. The fourth-order valence-corrected chi connectivity index (χ4v) is 3.37. The minimum Gasteiger partial charge on any atom is -0.467 e. The maximum absolute atomic E-state index is 12.2. The molecule has 0 spiro atoms. The van der Waals surface area contributed by atoms with Crippen molar-refractivity contribution in [2.45, 2.75) is 38.8 Å². The van der Waals surface area contributed by atoms with Gasteiger partial charge in [0.05, 0.1) is 12.0 Å². The topological polar surface area (TPSA) is 160 Å². The van der Waals surface area contributed by atoms with Crippen molar-refractivity contribution >= 4 is 28.1 Å². The smallest absolute Gasteiger partial charge is 0.467 e. The molecule has 13 heteroatoms. The van der Waals surface area contributed by atoms with Crippen LogP contribution in [0.25, 0.3) is 0 Å². The van der Waals surface area contributed by atoms with Crippen molar-refractivity contribution < 1.29 is 40.8 Å². The lowest BCUT2D eigenvalue weighted by atomic mass is 10.1. The Morgan fingerprint density at radius 1 is 1.06 bits per heavy atom. The molecule has 2 rings (SSSR count).